The molecule has 1 aromatic heterocycles. The number of nitrogens with zero attached hydrogens (tertiary/aromatic N) is 3. The highest BCUT2D eigenvalue weighted by atomic mass is 127. The van der Waals surface area contributed by atoms with Gasteiger partial charge in [0.2, 0.25) is 5.88 Å². The first-order valence-corrected chi connectivity index (χ1v) is 10.8. The van der Waals surface area contributed by atoms with Crippen LogP contribution in [0.15, 0.2) is 23.3 Å². The zero-order chi connectivity index (χ0) is 22.7. The summed E-state index contributed by atoms with van der Waals surface area (Å²) < 4.78 is 47.8. The van der Waals surface area contributed by atoms with Gasteiger partial charge in [-0.05, 0) is 25.3 Å². The number of hydrogen-bond acceptors (Lipinski definition) is 5. The highest BCUT2D eigenvalue weighted by Crippen LogP contribution is 2.20. The quantitative estimate of drug-likeness (QED) is 0.254. The maximum Gasteiger partial charge on any atom is 0.422 e. The van der Waals surface area contributed by atoms with Crippen molar-refractivity contribution in [3.63, 3.8) is 0 Å². The van der Waals surface area contributed by atoms with Gasteiger partial charge in [0.05, 0.1) is 19.8 Å². The van der Waals surface area contributed by atoms with E-state index in [4.69, 9.17) is 9.47 Å². The van der Waals surface area contributed by atoms with E-state index in [-0.39, 0.29) is 36.4 Å². The Morgan fingerprint density at radius 3 is 2.62 bits per heavy atom. The van der Waals surface area contributed by atoms with Crippen LogP contribution in [0.25, 0.3) is 0 Å². The summed E-state index contributed by atoms with van der Waals surface area (Å²) in [5.41, 5.74) is 0.496. The van der Waals surface area contributed by atoms with Crippen LogP contribution in [0.5, 0.6) is 5.88 Å². The van der Waals surface area contributed by atoms with E-state index >= 15 is 0 Å². The van der Waals surface area contributed by atoms with E-state index in [1.165, 1.54) is 6.20 Å². The molecule has 1 aliphatic heterocycles. The van der Waals surface area contributed by atoms with Gasteiger partial charge in [-0.15, -0.1) is 24.0 Å². The standard InChI is InChI=1S/C21H34F3N5O2.HI/c1-4-25-20(28-14-18(12-16(2)3)29-8-10-30-11-9-29)27-13-17-6-5-7-26-19(17)31-15-21(22,23)24;/h5-7,16,18H,4,8-15H2,1-3H3,(H2,25,27,28);1H. The number of halogens is 4. The van der Waals surface area contributed by atoms with E-state index in [1.54, 1.807) is 12.1 Å². The number of rotatable bonds is 10. The van der Waals surface area contributed by atoms with Crippen LogP contribution < -0.4 is 15.4 Å². The lowest BCUT2D eigenvalue weighted by molar-refractivity contribution is -0.154. The summed E-state index contributed by atoms with van der Waals surface area (Å²) in [5, 5.41) is 6.58. The van der Waals surface area contributed by atoms with Crippen LogP contribution in [-0.2, 0) is 11.3 Å². The molecule has 1 saturated heterocycles. The van der Waals surface area contributed by atoms with Crippen molar-refractivity contribution in [1.82, 2.24) is 20.5 Å². The molecule has 32 heavy (non-hydrogen) atoms. The van der Waals surface area contributed by atoms with Crippen LogP contribution in [0.1, 0.15) is 32.8 Å². The van der Waals surface area contributed by atoms with Crippen LogP contribution in [0.3, 0.4) is 0 Å². The molecule has 2 N–H and O–H groups in total. The predicted molar refractivity (Wildman–Crippen MR) is 130 cm³/mol. The van der Waals surface area contributed by atoms with E-state index in [9.17, 15) is 13.2 Å². The van der Waals surface area contributed by atoms with E-state index in [0.29, 0.717) is 36.6 Å². The summed E-state index contributed by atoms with van der Waals surface area (Å²) >= 11 is 0. The summed E-state index contributed by atoms with van der Waals surface area (Å²) in [6.07, 6.45) is -1.97. The van der Waals surface area contributed by atoms with Gasteiger partial charge in [-0.25, -0.2) is 9.98 Å². The second-order valence-electron chi connectivity index (χ2n) is 7.88. The highest BCUT2D eigenvalue weighted by Gasteiger charge is 2.29. The molecule has 0 radical (unpaired) electrons. The van der Waals surface area contributed by atoms with Gasteiger partial charge < -0.3 is 20.1 Å². The van der Waals surface area contributed by atoms with Gasteiger partial charge in [-0.2, -0.15) is 13.2 Å². The molecule has 1 unspecified atom stereocenters. The van der Waals surface area contributed by atoms with Gasteiger partial charge in [-0.1, -0.05) is 19.9 Å². The Kier molecular flexibility index (Phi) is 13.2. The van der Waals surface area contributed by atoms with Crippen molar-refractivity contribution in [1.29, 1.82) is 0 Å². The van der Waals surface area contributed by atoms with Crippen molar-refractivity contribution in [2.24, 2.45) is 10.9 Å². The van der Waals surface area contributed by atoms with Gasteiger partial charge in [0.25, 0.3) is 0 Å². The number of aliphatic imine (C=N–C) groups is 1. The third-order valence-electron chi connectivity index (χ3n) is 4.78. The summed E-state index contributed by atoms with van der Waals surface area (Å²) in [4.78, 5) is 10.9. The van der Waals surface area contributed by atoms with E-state index in [2.05, 4.69) is 39.4 Å². The van der Waals surface area contributed by atoms with Crippen LogP contribution >= 0.6 is 24.0 Å². The molecule has 0 bridgehead atoms. The minimum absolute atomic E-state index is 0. The van der Waals surface area contributed by atoms with Crippen molar-refractivity contribution in [2.75, 3.05) is 46.0 Å². The van der Waals surface area contributed by atoms with E-state index < -0.39 is 12.8 Å². The average molecular weight is 573 g/mol. The van der Waals surface area contributed by atoms with Gasteiger partial charge in [0.1, 0.15) is 0 Å². The maximum atomic E-state index is 12.5. The molecule has 2 heterocycles. The number of pyridine rings is 1. The first-order chi connectivity index (χ1) is 14.8. The lowest BCUT2D eigenvalue weighted by Gasteiger charge is -2.35. The van der Waals surface area contributed by atoms with Gasteiger partial charge in [0, 0.05) is 44.0 Å². The molecule has 1 aromatic rings. The Bertz CT molecular complexity index is 686. The molecular formula is C21H35F3IN5O2. The zero-order valence-electron chi connectivity index (χ0n) is 19.0. The monoisotopic (exact) mass is 573 g/mol. The van der Waals surface area contributed by atoms with Crippen LogP contribution in [0.2, 0.25) is 0 Å². The summed E-state index contributed by atoms with van der Waals surface area (Å²) in [6.45, 7) is 9.83. The van der Waals surface area contributed by atoms with Crippen molar-refractivity contribution >= 4 is 29.9 Å². The number of morpholine rings is 1. The second kappa shape index (κ2) is 14.7. The molecule has 1 aliphatic rings. The third-order valence-corrected chi connectivity index (χ3v) is 4.78. The summed E-state index contributed by atoms with van der Waals surface area (Å²) in [6, 6.07) is 3.67. The molecule has 1 atom stereocenters. The lowest BCUT2D eigenvalue weighted by atomic mass is 10.0. The fourth-order valence-electron chi connectivity index (χ4n) is 3.39. The molecular weight excluding hydrogens is 538 g/mol. The van der Waals surface area contributed by atoms with Crippen molar-refractivity contribution < 1.29 is 22.6 Å². The number of aromatic nitrogens is 1. The number of alkyl halides is 3. The van der Waals surface area contributed by atoms with Gasteiger partial charge >= 0.3 is 6.18 Å². The molecule has 2 rings (SSSR count). The van der Waals surface area contributed by atoms with Gasteiger partial charge in [0.15, 0.2) is 12.6 Å². The molecule has 0 amide bonds. The Balaban J connectivity index is 0.00000512. The second-order valence-corrected chi connectivity index (χ2v) is 7.88. The summed E-state index contributed by atoms with van der Waals surface area (Å²) in [7, 11) is 0. The molecule has 0 aromatic carbocycles. The molecule has 0 saturated carbocycles. The molecule has 184 valence electrons. The number of guanidine groups is 1. The fraction of sp³-hybridized carbons (Fsp3) is 0.714. The minimum Gasteiger partial charge on any atom is -0.468 e. The number of hydrogen-bond donors (Lipinski definition) is 2. The van der Waals surface area contributed by atoms with Crippen LogP contribution in [-0.4, -0.2) is 74.1 Å². The maximum absolute atomic E-state index is 12.5. The van der Waals surface area contributed by atoms with Crippen LogP contribution in [0, 0.1) is 5.92 Å². The Morgan fingerprint density at radius 1 is 1.28 bits per heavy atom. The topological polar surface area (TPSA) is 71.0 Å². The predicted octanol–water partition coefficient (Wildman–Crippen LogP) is 3.44. The largest absolute Gasteiger partial charge is 0.468 e. The Hall–Kier alpha value is -1.34. The highest BCUT2D eigenvalue weighted by molar-refractivity contribution is 14.0. The SMILES string of the molecule is CCNC(=NCc1cccnc1OCC(F)(F)F)NCC(CC(C)C)N1CCOCC1.I. The van der Waals surface area contributed by atoms with Crippen molar-refractivity contribution in [2.45, 2.75) is 46.0 Å². The first-order valence-electron chi connectivity index (χ1n) is 10.8. The fourth-order valence-corrected chi connectivity index (χ4v) is 3.39. The molecule has 7 nitrogen and oxygen atoms in total. The molecule has 0 aliphatic carbocycles. The average Bonchev–Trinajstić information content (AvgIpc) is 2.73. The third kappa shape index (κ3) is 11.0. The smallest absolute Gasteiger partial charge is 0.422 e. The molecule has 11 heteroatoms. The molecule has 1 fully saturated rings. The van der Waals surface area contributed by atoms with E-state index in [1.807, 2.05) is 6.92 Å². The lowest BCUT2D eigenvalue weighted by Crippen LogP contribution is -2.51. The molecule has 0 spiro atoms. The first kappa shape index (κ1) is 28.7. The normalized spacial score (nSPS) is 16.4. The Morgan fingerprint density at radius 2 is 2.00 bits per heavy atom. The van der Waals surface area contributed by atoms with Gasteiger partial charge in [-0.3, -0.25) is 4.90 Å². The minimum atomic E-state index is -4.42. The number of ether oxygens (including phenoxy) is 2. The summed E-state index contributed by atoms with van der Waals surface area (Å²) in [5.74, 6) is 1.11. The van der Waals surface area contributed by atoms with Crippen molar-refractivity contribution in [3.8, 4) is 5.88 Å². The van der Waals surface area contributed by atoms with Crippen molar-refractivity contribution in [3.05, 3.63) is 23.9 Å². The number of nitrogens with one attached hydrogen (secondary N) is 2. The Labute approximate surface area is 205 Å². The van der Waals surface area contributed by atoms with Crippen LogP contribution in [0.4, 0.5) is 13.2 Å². The zero-order valence-corrected chi connectivity index (χ0v) is 21.3. The van der Waals surface area contributed by atoms with E-state index in [0.717, 1.165) is 32.7 Å².